The Morgan fingerprint density at radius 1 is 1.10 bits per heavy atom. The topological polar surface area (TPSA) is 158 Å². The SMILES string of the molecule is CC(COC(=O)CCn1cc(Cn2c(=O)c(=O)n(C(C)C)c3nc(Br)cnc32)nn1)n1ccc2c(Cl)ncnc21. The lowest BCUT2D eigenvalue weighted by atomic mass is 10.3. The molecule has 1 unspecified atom stereocenters. The highest BCUT2D eigenvalue weighted by Crippen LogP contribution is 2.23. The third-order valence-electron chi connectivity index (χ3n) is 6.23. The van der Waals surface area contributed by atoms with Crippen molar-refractivity contribution in [2.45, 2.75) is 52.4 Å². The van der Waals surface area contributed by atoms with Crippen molar-refractivity contribution in [2.75, 3.05) is 6.61 Å². The predicted octanol–water partition coefficient (Wildman–Crippen LogP) is 2.53. The highest BCUT2D eigenvalue weighted by atomic mass is 79.9. The summed E-state index contributed by atoms with van der Waals surface area (Å²) in [4.78, 5) is 55.1. The zero-order chi connectivity index (χ0) is 28.6. The Morgan fingerprint density at radius 2 is 1.90 bits per heavy atom. The molecule has 5 aromatic rings. The van der Waals surface area contributed by atoms with E-state index in [0.717, 1.165) is 5.39 Å². The molecule has 0 amide bonds. The van der Waals surface area contributed by atoms with Crippen LogP contribution in [0.3, 0.4) is 0 Å². The number of rotatable bonds is 9. The maximum Gasteiger partial charge on any atom is 0.318 e. The first-order valence-electron chi connectivity index (χ1n) is 12.3. The molecule has 5 aromatic heterocycles. The zero-order valence-corrected chi connectivity index (χ0v) is 24.1. The van der Waals surface area contributed by atoms with Gasteiger partial charge in [-0.2, -0.15) is 0 Å². The lowest BCUT2D eigenvalue weighted by Gasteiger charge is -2.15. The first kappa shape index (κ1) is 27.6. The summed E-state index contributed by atoms with van der Waals surface area (Å²) in [7, 11) is 0. The molecule has 5 heterocycles. The highest BCUT2D eigenvalue weighted by Gasteiger charge is 2.19. The quantitative estimate of drug-likeness (QED) is 0.134. The molecule has 208 valence electrons. The van der Waals surface area contributed by atoms with Gasteiger partial charge in [0.15, 0.2) is 11.3 Å². The van der Waals surface area contributed by atoms with Crippen LogP contribution in [0.2, 0.25) is 5.15 Å². The van der Waals surface area contributed by atoms with Gasteiger partial charge in [0.2, 0.25) is 0 Å². The summed E-state index contributed by atoms with van der Waals surface area (Å²) in [5.74, 6) is -0.409. The van der Waals surface area contributed by atoms with Crippen molar-refractivity contribution in [1.29, 1.82) is 0 Å². The third-order valence-corrected chi connectivity index (χ3v) is 6.91. The number of halogens is 2. The number of aromatic nitrogens is 10. The van der Waals surface area contributed by atoms with Gasteiger partial charge in [0.25, 0.3) is 0 Å². The van der Waals surface area contributed by atoms with Crippen LogP contribution in [-0.2, 0) is 22.6 Å². The number of hydrogen-bond acceptors (Lipinski definition) is 10. The molecular weight excluding hydrogens is 608 g/mol. The number of hydrogen-bond donors (Lipinski definition) is 0. The van der Waals surface area contributed by atoms with Crippen LogP contribution in [-0.4, -0.2) is 61.2 Å². The van der Waals surface area contributed by atoms with E-state index >= 15 is 0 Å². The van der Waals surface area contributed by atoms with E-state index in [-0.39, 0.29) is 49.5 Å². The Labute approximate surface area is 239 Å². The van der Waals surface area contributed by atoms with Gasteiger partial charge in [-0.3, -0.25) is 28.2 Å². The van der Waals surface area contributed by atoms with Gasteiger partial charge in [-0.1, -0.05) is 16.8 Å². The van der Waals surface area contributed by atoms with Crippen LogP contribution >= 0.6 is 27.5 Å². The van der Waals surface area contributed by atoms with Crippen LogP contribution in [0, 0.1) is 0 Å². The fourth-order valence-electron chi connectivity index (χ4n) is 4.29. The fraction of sp³-hybridized carbons (Fsp3) is 0.375. The molecule has 0 aliphatic heterocycles. The molecule has 0 aliphatic rings. The molecule has 0 aliphatic carbocycles. The first-order valence-corrected chi connectivity index (χ1v) is 13.5. The molecule has 5 rings (SSSR count). The molecule has 0 saturated heterocycles. The molecule has 0 saturated carbocycles. The molecule has 14 nitrogen and oxygen atoms in total. The number of esters is 1. The van der Waals surface area contributed by atoms with Crippen molar-refractivity contribution in [3.05, 3.63) is 67.1 Å². The van der Waals surface area contributed by atoms with E-state index in [2.05, 4.69) is 46.2 Å². The first-order chi connectivity index (χ1) is 19.1. The Kier molecular flexibility index (Phi) is 7.76. The molecule has 0 radical (unpaired) electrons. The molecule has 16 heteroatoms. The second kappa shape index (κ2) is 11.3. The lowest BCUT2D eigenvalue weighted by Crippen LogP contribution is -2.43. The Bertz CT molecular complexity index is 1840. The Hall–Kier alpha value is -3.98. The third kappa shape index (κ3) is 5.38. The van der Waals surface area contributed by atoms with Gasteiger partial charge < -0.3 is 9.30 Å². The minimum atomic E-state index is -0.741. The average Bonchev–Trinajstić information content (AvgIpc) is 3.56. The van der Waals surface area contributed by atoms with Crippen molar-refractivity contribution in [3.63, 3.8) is 0 Å². The van der Waals surface area contributed by atoms with Crippen molar-refractivity contribution < 1.29 is 9.53 Å². The van der Waals surface area contributed by atoms with Crippen LogP contribution in [0.1, 0.15) is 45.0 Å². The number of nitrogens with zero attached hydrogens (tertiary/aromatic N) is 10. The second-order valence-electron chi connectivity index (χ2n) is 9.38. The van der Waals surface area contributed by atoms with Crippen molar-refractivity contribution in [1.82, 2.24) is 48.6 Å². The number of carbonyl (C=O) groups is 1. The molecule has 0 spiro atoms. The maximum atomic E-state index is 12.9. The van der Waals surface area contributed by atoms with Gasteiger partial charge >= 0.3 is 17.1 Å². The summed E-state index contributed by atoms with van der Waals surface area (Å²) in [6, 6.07) is 1.35. The van der Waals surface area contributed by atoms with Crippen molar-refractivity contribution >= 4 is 55.8 Å². The summed E-state index contributed by atoms with van der Waals surface area (Å²) in [6.07, 6.45) is 6.33. The van der Waals surface area contributed by atoms with E-state index in [9.17, 15) is 14.4 Å². The smallest absolute Gasteiger partial charge is 0.318 e. The number of ether oxygens (including phenoxy) is 1. The summed E-state index contributed by atoms with van der Waals surface area (Å²) in [5.41, 5.74) is 0.152. The molecule has 0 fully saturated rings. The van der Waals surface area contributed by atoms with Crippen LogP contribution in [0.15, 0.2) is 45.2 Å². The molecule has 0 bridgehead atoms. The highest BCUT2D eigenvalue weighted by molar-refractivity contribution is 9.10. The summed E-state index contributed by atoms with van der Waals surface area (Å²) >= 11 is 9.38. The minimum absolute atomic E-state index is 0.0415. The van der Waals surface area contributed by atoms with Crippen LogP contribution in [0.4, 0.5) is 0 Å². The lowest BCUT2D eigenvalue weighted by molar-refractivity contribution is -0.144. The Morgan fingerprint density at radius 3 is 2.67 bits per heavy atom. The molecular formula is C24H24BrClN10O4. The van der Waals surface area contributed by atoms with E-state index in [0.29, 0.717) is 21.1 Å². The number of fused-ring (bicyclic) bond motifs is 2. The van der Waals surface area contributed by atoms with E-state index in [4.69, 9.17) is 16.3 Å². The van der Waals surface area contributed by atoms with Crippen LogP contribution in [0.5, 0.6) is 0 Å². The molecule has 0 aromatic carbocycles. The second-order valence-corrected chi connectivity index (χ2v) is 10.6. The van der Waals surface area contributed by atoms with E-state index < -0.39 is 17.1 Å². The minimum Gasteiger partial charge on any atom is -0.463 e. The van der Waals surface area contributed by atoms with Gasteiger partial charge in [0.1, 0.15) is 34.0 Å². The van der Waals surface area contributed by atoms with Crippen LogP contribution in [0.25, 0.3) is 22.3 Å². The van der Waals surface area contributed by atoms with Crippen LogP contribution < -0.4 is 11.1 Å². The molecule has 1 atom stereocenters. The fourth-order valence-corrected chi connectivity index (χ4v) is 4.75. The standard InChI is InChI=1S/C24H24BrClN10O4/c1-13(2)36-22-21(27-8-17(25)30-22)35(23(38)24(36)39)10-15-9-33(32-31-15)6-5-18(37)40-11-14(3)34-7-4-16-19(26)28-12-29-20(16)34/h4,7-9,12-14H,5-6,10-11H2,1-3H3. The van der Waals surface area contributed by atoms with Gasteiger partial charge in [-0.15, -0.1) is 5.10 Å². The molecule has 0 N–H and O–H groups in total. The number of aryl methyl sites for hydroxylation is 1. The monoisotopic (exact) mass is 630 g/mol. The predicted molar refractivity (Wildman–Crippen MR) is 148 cm³/mol. The van der Waals surface area contributed by atoms with Gasteiger partial charge in [0.05, 0.1) is 43.3 Å². The maximum absolute atomic E-state index is 12.9. The normalized spacial score (nSPS) is 12.4. The van der Waals surface area contributed by atoms with E-state index in [1.165, 1.54) is 26.3 Å². The summed E-state index contributed by atoms with van der Waals surface area (Å²) in [6.45, 7) is 5.80. The molecule has 40 heavy (non-hydrogen) atoms. The summed E-state index contributed by atoms with van der Waals surface area (Å²) in [5, 5.41) is 9.22. The van der Waals surface area contributed by atoms with Gasteiger partial charge in [0, 0.05) is 12.2 Å². The number of carbonyl (C=O) groups excluding carboxylic acids is 1. The zero-order valence-electron chi connectivity index (χ0n) is 21.7. The Balaban J connectivity index is 1.23. The average molecular weight is 632 g/mol. The van der Waals surface area contributed by atoms with Crippen molar-refractivity contribution in [2.24, 2.45) is 0 Å². The van der Waals surface area contributed by atoms with Crippen molar-refractivity contribution in [3.8, 4) is 0 Å². The van der Waals surface area contributed by atoms with Gasteiger partial charge in [-0.05, 0) is 42.8 Å². The largest absolute Gasteiger partial charge is 0.463 e. The van der Waals surface area contributed by atoms with E-state index in [1.807, 2.05) is 23.8 Å². The summed E-state index contributed by atoms with van der Waals surface area (Å²) < 4.78 is 11.8. The van der Waals surface area contributed by atoms with Gasteiger partial charge in [-0.25, -0.2) is 19.9 Å². The van der Waals surface area contributed by atoms with E-state index in [1.54, 1.807) is 20.0 Å².